The Balaban J connectivity index is 2.73. The molecule has 0 radical (unpaired) electrons. The summed E-state index contributed by atoms with van der Waals surface area (Å²) in [5.41, 5.74) is 1.42. The summed E-state index contributed by atoms with van der Waals surface area (Å²) in [6, 6.07) is 0. The van der Waals surface area contributed by atoms with Crippen LogP contribution in [0.15, 0.2) is 11.3 Å². The van der Waals surface area contributed by atoms with Gasteiger partial charge < -0.3 is 0 Å². The van der Waals surface area contributed by atoms with Gasteiger partial charge in [0.05, 0.1) is 4.92 Å². The molecule has 1 fully saturated rings. The predicted octanol–water partition coefficient (Wildman–Crippen LogP) is 2.11. The molecule has 0 aliphatic heterocycles. The van der Waals surface area contributed by atoms with Gasteiger partial charge in [0.2, 0.25) is 5.70 Å². The summed E-state index contributed by atoms with van der Waals surface area (Å²) in [7, 11) is 0. The number of nitrogens with zero attached hydrogens (tertiary/aromatic N) is 1. The van der Waals surface area contributed by atoms with E-state index in [1.54, 1.807) is 6.92 Å². The van der Waals surface area contributed by atoms with E-state index in [-0.39, 0.29) is 4.92 Å². The lowest BCUT2D eigenvalue weighted by Gasteiger charge is -1.93. The van der Waals surface area contributed by atoms with Crippen molar-refractivity contribution in [1.82, 2.24) is 0 Å². The second kappa shape index (κ2) is 2.82. The highest BCUT2D eigenvalue weighted by Crippen LogP contribution is 2.26. The molecule has 0 unspecified atom stereocenters. The Kier molecular flexibility index (Phi) is 2.04. The van der Waals surface area contributed by atoms with Crippen LogP contribution in [0.5, 0.6) is 0 Å². The minimum atomic E-state index is -0.277. The third-order valence-corrected chi connectivity index (χ3v) is 1.99. The van der Waals surface area contributed by atoms with E-state index in [1.165, 1.54) is 0 Å². The fourth-order valence-corrected chi connectivity index (χ4v) is 1.29. The second-order valence-electron chi connectivity index (χ2n) is 2.65. The van der Waals surface area contributed by atoms with Gasteiger partial charge in [0.15, 0.2) is 0 Å². The molecule has 1 aliphatic rings. The van der Waals surface area contributed by atoms with Crippen molar-refractivity contribution in [1.29, 1.82) is 0 Å². The van der Waals surface area contributed by atoms with Crippen LogP contribution in [0.3, 0.4) is 0 Å². The van der Waals surface area contributed by atoms with Gasteiger partial charge in [0.1, 0.15) is 0 Å². The number of allylic oxidation sites excluding steroid dienone is 2. The summed E-state index contributed by atoms with van der Waals surface area (Å²) in [5.74, 6) is 0. The first-order valence-electron chi connectivity index (χ1n) is 3.55. The van der Waals surface area contributed by atoms with Gasteiger partial charge in [0.25, 0.3) is 0 Å². The van der Waals surface area contributed by atoms with E-state index < -0.39 is 0 Å². The molecule has 0 bridgehead atoms. The fraction of sp³-hybridized carbons (Fsp3) is 0.714. The van der Waals surface area contributed by atoms with Crippen LogP contribution in [0, 0.1) is 10.1 Å². The zero-order chi connectivity index (χ0) is 7.56. The Morgan fingerprint density at radius 1 is 1.50 bits per heavy atom. The molecule has 1 aliphatic carbocycles. The maximum absolute atomic E-state index is 10.2. The topological polar surface area (TPSA) is 43.1 Å². The van der Waals surface area contributed by atoms with Gasteiger partial charge in [-0.1, -0.05) is 0 Å². The summed E-state index contributed by atoms with van der Waals surface area (Å²) < 4.78 is 0. The monoisotopic (exact) mass is 141 g/mol. The Morgan fingerprint density at radius 2 is 2.00 bits per heavy atom. The number of hydrogen-bond acceptors (Lipinski definition) is 2. The highest BCUT2D eigenvalue weighted by atomic mass is 16.6. The molecule has 0 spiro atoms. The normalized spacial score (nSPS) is 17.5. The Bertz CT molecular complexity index is 176. The summed E-state index contributed by atoms with van der Waals surface area (Å²) in [6.45, 7) is 1.60. The Hall–Kier alpha value is -0.860. The van der Waals surface area contributed by atoms with Crippen molar-refractivity contribution in [2.24, 2.45) is 0 Å². The van der Waals surface area contributed by atoms with Gasteiger partial charge in [-0.3, -0.25) is 10.1 Å². The van der Waals surface area contributed by atoms with Gasteiger partial charge in [0, 0.05) is 12.5 Å². The maximum Gasteiger partial charge on any atom is 0.242 e. The molecule has 3 heteroatoms. The third-order valence-electron chi connectivity index (χ3n) is 1.99. The molecule has 10 heavy (non-hydrogen) atoms. The van der Waals surface area contributed by atoms with Gasteiger partial charge in [-0.15, -0.1) is 0 Å². The molecule has 0 amide bonds. The van der Waals surface area contributed by atoms with E-state index in [9.17, 15) is 10.1 Å². The summed E-state index contributed by atoms with van der Waals surface area (Å²) in [6.07, 6.45) is 4.13. The van der Waals surface area contributed by atoms with Crippen molar-refractivity contribution in [2.75, 3.05) is 0 Å². The van der Waals surface area contributed by atoms with Crippen LogP contribution in [0.2, 0.25) is 0 Å². The molecular weight excluding hydrogens is 130 g/mol. The summed E-state index contributed by atoms with van der Waals surface area (Å²) in [5, 5.41) is 10.2. The SMILES string of the molecule is CC(=C1CCCC1)[N+](=O)[O-]. The highest BCUT2D eigenvalue weighted by Gasteiger charge is 2.16. The van der Waals surface area contributed by atoms with Crippen molar-refractivity contribution < 1.29 is 4.92 Å². The molecule has 0 heterocycles. The zero-order valence-electron chi connectivity index (χ0n) is 6.09. The first-order chi connectivity index (χ1) is 4.72. The zero-order valence-corrected chi connectivity index (χ0v) is 6.09. The summed E-state index contributed by atoms with van der Waals surface area (Å²) in [4.78, 5) is 9.96. The highest BCUT2D eigenvalue weighted by molar-refractivity contribution is 5.08. The minimum Gasteiger partial charge on any atom is -0.259 e. The van der Waals surface area contributed by atoms with Crippen molar-refractivity contribution in [3.63, 3.8) is 0 Å². The Morgan fingerprint density at radius 3 is 2.40 bits per heavy atom. The van der Waals surface area contributed by atoms with E-state index in [4.69, 9.17) is 0 Å². The molecular formula is C7H11NO2. The molecule has 0 saturated heterocycles. The molecule has 0 aromatic rings. The van der Waals surface area contributed by atoms with Gasteiger partial charge in [-0.05, 0) is 25.7 Å². The lowest BCUT2D eigenvalue weighted by Crippen LogP contribution is -1.96. The standard InChI is InChI=1S/C7H11NO2/c1-6(8(9)10)7-4-2-3-5-7/h2-5H2,1H3. The molecule has 3 nitrogen and oxygen atoms in total. The molecule has 0 atom stereocenters. The summed E-state index contributed by atoms with van der Waals surface area (Å²) >= 11 is 0. The molecule has 0 N–H and O–H groups in total. The van der Waals surface area contributed by atoms with E-state index in [0.717, 1.165) is 31.3 Å². The molecule has 56 valence electrons. The van der Waals surface area contributed by atoms with Crippen molar-refractivity contribution in [2.45, 2.75) is 32.6 Å². The van der Waals surface area contributed by atoms with Crippen LogP contribution in [0.1, 0.15) is 32.6 Å². The smallest absolute Gasteiger partial charge is 0.242 e. The van der Waals surface area contributed by atoms with Crippen LogP contribution >= 0.6 is 0 Å². The van der Waals surface area contributed by atoms with E-state index in [2.05, 4.69) is 0 Å². The predicted molar refractivity (Wildman–Crippen MR) is 38.2 cm³/mol. The first-order valence-corrected chi connectivity index (χ1v) is 3.55. The van der Waals surface area contributed by atoms with Crippen molar-refractivity contribution >= 4 is 0 Å². The lowest BCUT2D eigenvalue weighted by molar-refractivity contribution is -0.425. The molecule has 0 aromatic heterocycles. The first kappa shape index (κ1) is 7.25. The lowest BCUT2D eigenvalue weighted by atomic mass is 10.2. The van der Waals surface area contributed by atoms with Crippen molar-refractivity contribution in [3.8, 4) is 0 Å². The molecule has 1 rings (SSSR count). The van der Waals surface area contributed by atoms with Gasteiger partial charge in [-0.25, -0.2) is 0 Å². The van der Waals surface area contributed by atoms with E-state index >= 15 is 0 Å². The van der Waals surface area contributed by atoms with Crippen LogP contribution in [0.4, 0.5) is 0 Å². The van der Waals surface area contributed by atoms with Crippen LogP contribution < -0.4 is 0 Å². The maximum atomic E-state index is 10.2. The number of nitro groups is 1. The van der Waals surface area contributed by atoms with Gasteiger partial charge >= 0.3 is 0 Å². The third kappa shape index (κ3) is 1.35. The molecule has 1 saturated carbocycles. The second-order valence-corrected chi connectivity index (χ2v) is 2.65. The Labute approximate surface area is 59.9 Å². The van der Waals surface area contributed by atoms with Crippen LogP contribution in [-0.4, -0.2) is 4.92 Å². The average Bonchev–Trinajstić information content (AvgIpc) is 2.36. The van der Waals surface area contributed by atoms with E-state index in [0.29, 0.717) is 5.70 Å². The number of rotatable bonds is 1. The van der Waals surface area contributed by atoms with Gasteiger partial charge in [-0.2, -0.15) is 0 Å². The average molecular weight is 141 g/mol. The van der Waals surface area contributed by atoms with Crippen molar-refractivity contribution in [3.05, 3.63) is 21.4 Å². The van der Waals surface area contributed by atoms with Crippen LogP contribution in [0.25, 0.3) is 0 Å². The van der Waals surface area contributed by atoms with E-state index in [1.807, 2.05) is 0 Å². The number of hydrogen-bond donors (Lipinski definition) is 0. The largest absolute Gasteiger partial charge is 0.259 e. The minimum absolute atomic E-state index is 0.277. The molecule has 0 aromatic carbocycles. The fourth-order valence-electron chi connectivity index (χ4n) is 1.29. The van der Waals surface area contributed by atoms with Crippen LogP contribution in [-0.2, 0) is 0 Å². The quantitative estimate of drug-likeness (QED) is 0.414.